The van der Waals surface area contributed by atoms with Gasteiger partial charge in [0.1, 0.15) is 6.04 Å². The second kappa shape index (κ2) is 6.45. The molecule has 128 valence electrons. The molecular weight excluding hydrogens is 357 g/mol. The van der Waals surface area contributed by atoms with Gasteiger partial charge in [0.2, 0.25) is 15.8 Å². The van der Waals surface area contributed by atoms with E-state index < -0.39 is 68.4 Å². The molecule has 7 nitrogen and oxygen atoms in total. The zero-order valence-electron chi connectivity index (χ0n) is 10.6. The molecule has 0 heterocycles. The first-order valence-electron chi connectivity index (χ1n) is 5.38. The fourth-order valence-electron chi connectivity index (χ4n) is 1.42. The van der Waals surface area contributed by atoms with Crippen LogP contribution in [0, 0.1) is 29.1 Å². The maximum absolute atomic E-state index is 13.4. The number of sulfonamides is 1. The van der Waals surface area contributed by atoms with Crippen molar-refractivity contribution in [1.29, 1.82) is 0 Å². The number of carboxylic acid groups (broad SMARTS) is 2. The molecule has 0 unspecified atom stereocenters. The molecule has 13 heteroatoms. The van der Waals surface area contributed by atoms with Crippen molar-refractivity contribution in [3.8, 4) is 0 Å². The molecule has 0 bridgehead atoms. The Labute approximate surface area is 124 Å². The average molecular weight is 363 g/mol. The lowest BCUT2D eigenvalue weighted by molar-refractivity contribution is -0.145. The third-order valence-corrected chi connectivity index (χ3v) is 3.90. The lowest BCUT2D eigenvalue weighted by atomic mass is 10.2. The van der Waals surface area contributed by atoms with E-state index in [-0.39, 0.29) is 0 Å². The van der Waals surface area contributed by atoms with Crippen molar-refractivity contribution in [1.82, 2.24) is 4.72 Å². The van der Waals surface area contributed by atoms with Crippen LogP contribution in [0.1, 0.15) is 6.42 Å². The van der Waals surface area contributed by atoms with E-state index in [0.29, 0.717) is 0 Å². The number of carboxylic acids is 2. The number of benzene rings is 1. The fourth-order valence-corrected chi connectivity index (χ4v) is 2.75. The van der Waals surface area contributed by atoms with E-state index in [9.17, 15) is 40.0 Å². The van der Waals surface area contributed by atoms with Crippen molar-refractivity contribution in [3.05, 3.63) is 29.1 Å². The first-order chi connectivity index (χ1) is 10.4. The topological polar surface area (TPSA) is 121 Å². The lowest BCUT2D eigenvalue weighted by Gasteiger charge is -2.14. The Morgan fingerprint density at radius 1 is 0.913 bits per heavy atom. The first-order valence-corrected chi connectivity index (χ1v) is 6.86. The van der Waals surface area contributed by atoms with Crippen molar-refractivity contribution in [2.75, 3.05) is 0 Å². The summed E-state index contributed by atoms with van der Waals surface area (Å²) in [6.45, 7) is 0. The van der Waals surface area contributed by atoms with E-state index in [4.69, 9.17) is 10.2 Å². The molecule has 1 aromatic rings. The molecule has 0 aliphatic carbocycles. The quantitative estimate of drug-likeness (QED) is 0.386. The summed E-state index contributed by atoms with van der Waals surface area (Å²) in [5, 5.41) is 17.1. The van der Waals surface area contributed by atoms with Crippen LogP contribution in [-0.2, 0) is 19.6 Å². The smallest absolute Gasteiger partial charge is 0.322 e. The molecule has 3 N–H and O–H groups in total. The second-order valence-corrected chi connectivity index (χ2v) is 5.66. The largest absolute Gasteiger partial charge is 0.481 e. The summed E-state index contributed by atoms with van der Waals surface area (Å²) in [5.41, 5.74) is 0. The van der Waals surface area contributed by atoms with Crippen molar-refractivity contribution >= 4 is 22.0 Å². The van der Waals surface area contributed by atoms with Crippen LogP contribution in [0.5, 0.6) is 0 Å². The summed E-state index contributed by atoms with van der Waals surface area (Å²) in [7, 11) is -5.56. The van der Waals surface area contributed by atoms with Crippen LogP contribution in [-0.4, -0.2) is 36.6 Å². The van der Waals surface area contributed by atoms with Crippen molar-refractivity contribution < 1.29 is 50.2 Å². The maximum atomic E-state index is 13.4. The Kier molecular flexibility index (Phi) is 5.27. The summed E-state index contributed by atoms with van der Waals surface area (Å²) in [4.78, 5) is 18.8. The predicted molar refractivity (Wildman–Crippen MR) is 60.2 cm³/mol. The van der Waals surface area contributed by atoms with Gasteiger partial charge in [0.25, 0.3) is 0 Å². The van der Waals surface area contributed by atoms with E-state index >= 15 is 0 Å². The van der Waals surface area contributed by atoms with Crippen LogP contribution >= 0.6 is 0 Å². The zero-order valence-corrected chi connectivity index (χ0v) is 11.4. The second-order valence-electron chi connectivity index (χ2n) is 4.01. The van der Waals surface area contributed by atoms with Crippen molar-refractivity contribution in [3.63, 3.8) is 0 Å². The molecule has 0 fully saturated rings. The standard InChI is InChI=1S/C10H6F5NO6S/c11-4-5(12)7(14)9(8(15)6(4)13)23(21,22)16-2(10(19)20)1-3(17)18/h2,16H,1H2,(H,17,18)(H,19,20)/t2-/m0/s1. The third kappa shape index (κ3) is 3.73. The number of aliphatic carboxylic acids is 2. The Morgan fingerprint density at radius 3 is 1.65 bits per heavy atom. The highest BCUT2D eigenvalue weighted by molar-refractivity contribution is 7.89. The molecule has 1 aromatic carbocycles. The number of carbonyl (C=O) groups is 2. The molecule has 0 saturated carbocycles. The summed E-state index contributed by atoms with van der Waals surface area (Å²) in [6, 6.07) is -2.40. The van der Waals surface area contributed by atoms with Crippen LogP contribution in [0.3, 0.4) is 0 Å². The van der Waals surface area contributed by atoms with Gasteiger partial charge in [0.05, 0.1) is 6.42 Å². The van der Waals surface area contributed by atoms with Gasteiger partial charge in [0, 0.05) is 0 Å². The van der Waals surface area contributed by atoms with Crippen LogP contribution in [0.4, 0.5) is 22.0 Å². The lowest BCUT2D eigenvalue weighted by Crippen LogP contribution is -2.42. The minimum atomic E-state index is -5.56. The highest BCUT2D eigenvalue weighted by atomic mass is 32.2. The summed E-state index contributed by atoms with van der Waals surface area (Å²) < 4.78 is 90.0. The van der Waals surface area contributed by atoms with Crippen LogP contribution in [0.15, 0.2) is 4.90 Å². The molecule has 0 spiro atoms. The van der Waals surface area contributed by atoms with Crippen molar-refractivity contribution in [2.24, 2.45) is 0 Å². The fraction of sp³-hybridized carbons (Fsp3) is 0.200. The molecule has 23 heavy (non-hydrogen) atoms. The molecular formula is C10H6F5NO6S. The van der Waals surface area contributed by atoms with Crippen LogP contribution < -0.4 is 4.72 Å². The number of halogens is 5. The first kappa shape index (κ1) is 18.8. The molecule has 0 aliphatic heterocycles. The monoisotopic (exact) mass is 363 g/mol. The van der Waals surface area contributed by atoms with Gasteiger partial charge in [-0.05, 0) is 0 Å². The van der Waals surface area contributed by atoms with E-state index in [1.54, 1.807) is 0 Å². The highest BCUT2D eigenvalue weighted by Crippen LogP contribution is 2.26. The van der Waals surface area contributed by atoms with Gasteiger partial charge in [-0.1, -0.05) is 0 Å². The maximum Gasteiger partial charge on any atom is 0.322 e. The van der Waals surface area contributed by atoms with Gasteiger partial charge >= 0.3 is 11.9 Å². The predicted octanol–water partition coefficient (Wildman–Crippen LogP) is 0.588. The molecule has 0 amide bonds. The molecule has 0 aliphatic rings. The number of nitrogens with one attached hydrogen (secondary N) is 1. The number of hydrogen-bond acceptors (Lipinski definition) is 4. The van der Waals surface area contributed by atoms with Crippen LogP contribution in [0.25, 0.3) is 0 Å². The van der Waals surface area contributed by atoms with Gasteiger partial charge in [-0.3, -0.25) is 9.59 Å². The summed E-state index contributed by atoms with van der Waals surface area (Å²) in [5.74, 6) is -17.0. The van der Waals surface area contributed by atoms with E-state index in [1.165, 1.54) is 0 Å². The van der Waals surface area contributed by atoms with E-state index in [0.717, 1.165) is 4.72 Å². The van der Waals surface area contributed by atoms with Gasteiger partial charge in [0.15, 0.2) is 28.2 Å². The zero-order chi connectivity index (χ0) is 18.1. The minimum Gasteiger partial charge on any atom is -0.481 e. The third-order valence-electron chi connectivity index (χ3n) is 2.41. The van der Waals surface area contributed by atoms with E-state index in [2.05, 4.69) is 0 Å². The summed E-state index contributed by atoms with van der Waals surface area (Å²) in [6.07, 6.45) is -1.34. The average Bonchev–Trinajstić information content (AvgIpc) is 2.41. The van der Waals surface area contributed by atoms with Crippen LogP contribution in [0.2, 0.25) is 0 Å². The Bertz CT molecular complexity index is 751. The number of rotatable bonds is 6. The highest BCUT2D eigenvalue weighted by Gasteiger charge is 2.36. The molecule has 0 saturated heterocycles. The van der Waals surface area contributed by atoms with E-state index in [1.807, 2.05) is 0 Å². The molecule has 0 aromatic heterocycles. The van der Waals surface area contributed by atoms with Gasteiger partial charge < -0.3 is 10.2 Å². The number of hydrogen-bond donors (Lipinski definition) is 3. The normalized spacial score (nSPS) is 12.9. The van der Waals surface area contributed by atoms with Gasteiger partial charge in [-0.15, -0.1) is 0 Å². The SMILES string of the molecule is O=C(O)C[C@H](NS(=O)(=O)c1c(F)c(F)c(F)c(F)c1F)C(=O)O. The van der Waals surface area contributed by atoms with Gasteiger partial charge in [-0.2, -0.15) is 4.72 Å². The Hall–Kier alpha value is -2.28. The van der Waals surface area contributed by atoms with Gasteiger partial charge in [-0.25, -0.2) is 30.4 Å². The Balaban J connectivity index is 3.45. The molecule has 1 atom stereocenters. The Morgan fingerprint density at radius 2 is 1.30 bits per heavy atom. The minimum absolute atomic E-state index is 1.05. The molecule has 1 rings (SSSR count). The molecule has 0 radical (unpaired) electrons. The van der Waals surface area contributed by atoms with Crippen molar-refractivity contribution in [2.45, 2.75) is 17.4 Å². The summed E-state index contributed by atoms with van der Waals surface area (Å²) >= 11 is 0.